The van der Waals surface area contributed by atoms with E-state index in [0.29, 0.717) is 27.6 Å². The highest BCUT2D eigenvalue weighted by molar-refractivity contribution is 7.17. The molecule has 1 N–H and O–H groups in total. The number of carbonyl (C=O) groups excluding carboxylic acids is 4. The zero-order valence-corrected chi connectivity index (χ0v) is 17.6. The predicted octanol–water partition coefficient (Wildman–Crippen LogP) is 3.28. The zero-order chi connectivity index (χ0) is 21.4. The lowest BCUT2D eigenvalue weighted by atomic mass is 9.88. The minimum atomic E-state index is -0.460. The summed E-state index contributed by atoms with van der Waals surface area (Å²) in [7, 11) is 1.33. The van der Waals surface area contributed by atoms with Crippen molar-refractivity contribution in [1.82, 2.24) is 4.90 Å². The second-order valence-corrected chi connectivity index (χ2v) is 8.76. The van der Waals surface area contributed by atoms with Crippen LogP contribution in [0.4, 0.5) is 5.00 Å². The molecule has 7 nitrogen and oxygen atoms in total. The Balaban J connectivity index is 1.47. The molecule has 8 heteroatoms. The predicted molar refractivity (Wildman–Crippen MR) is 112 cm³/mol. The van der Waals surface area contributed by atoms with Crippen LogP contribution in [0.5, 0.6) is 0 Å². The van der Waals surface area contributed by atoms with Gasteiger partial charge in [0.2, 0.25) is 5.91 Å². The number of nitrogens with zero attached hydrogens (tertiary/aromatic N) is 1. The number of imide groups is 1. The molecular formula is C22H22N2O5S. The van der Waals surface area contributed by atoms with Gasteiger partial charge in [0.15, 0.2) is 0 Å². The number of amides is 3. The molecule has 0 saturated heterocycles. The summed E-state index contributed by atoms with van der Waals surface area (Å²) in [5.74, 6) is -1.07. The lowest BCUT2D eigenvalue weighted by Crippen LogP contribution is -2.32. The van der Waals surface area contributed by atoms with Crippen LogP contribution < -0.4 is 5.32 Å². The van der Waals surface area contributed by atoms with Crippen molar-refractivity contribution in [2.45, 2.75) is 32.6 Å². The fraction of sp³-hybridized carbons (Fsp3) is 0.364. The average molecular weight is 426 g/mol. The lowest BCUT2D eigenvalue weighted by molar-refractivity contribution is -0.116. The first-order valence-electron chi connectivity index (χ1n) is 9.88. The topological polar surface area (TPSA) is 92.8 Å². The van der Waals surface area contributed by atoms with E-state index in [0.717, 1.165) is 34.6 Å². The van der Waals surface area contributed by atoms with Gasteiger partial charge in [0.05, 0.1) is 23.8 Å². The van der Waals surface area contributed by atoms with Crippen LogP contribution in [-0.2, 0) is 22.4 Å². The van der Waals surface area contributed by atoms with Crippen LogP contribution in [0.15, 0.2) is 24.3 Å². The van der Waals surface area contributed by atoms with E-state index < -0.39 is 5.97 Å². The molecule has 1 aromatic carbocycles. The van der Waals surface area contributed by atoms with Crippen LogP contribution >= 0.6 is 11.3 Å². The van der Waals surface area contributed by atoms with Gasteiger partial charge in [0, 0.05) is 17.8 Å². The van der Waals surface area contributed by atoms with E-state index in [9.17, 15) is 19.2 Å². The van der Waals surface area contributed by atoms with Crippen molar-refractivity contribution in [2.75, 3.05) is 19.0 Å². The third kappa shape index (κ3) is 3.52. The summed E-state index contributed by atoms with van der Waals surface area (Å²) in [5, 5.41) is 3.28. The summed E-state index contributed by atoms with van der Waals surface area (Å²) in [6.07, 6.45) is 2.59. The fourth-order valence-electron chi connectivity index (χ4n) is 4.00. The van der Waals surface area contributed by atoms with E-state index in [1.165, 1.54) is 18.4 Å². The van der Waals surface area contributed by atoms with Crippen molar-refractivity contribution >= 4 is 40.0 Å². The molecular weight excluding hydrogens is 404 g/mol. The number of benzene rings is 1. The lowest BCUT2D eigenvalue weighted by Gasteiger charge is -2.18. The number of thiophene rings is 1. The number of rotatable bonds is 5. The summed E-state index contributed by atoms with van der Waals surface area (Å²) in [6, 6.07) is 6.62. The van der Waals surface area contributed by atoms with Crippen molar-refractivity contribution < 1.29 is 23.9 Å². The highest BCUT2D eigenvalue weighted by atomic mass is 32.1. The Labute approximate surface area is 178 Å². The van der Waals surface area contributed by atoms with Gasteiger partial charge in [-0.1, -0.05) is 19.1 Å². The van der Waals surface area contributed by atoms with E-state index >= 15 is 0 Å². The molecule has 0 spiro atoms. The first-order chi connectivity index (χ1) is 14.4. The second-order valence-electron chi connectivity index (χ2n) is 7.65. The summed E-state index contributed by atoms with van der Waals surface area (Å²) >= 11 is 1.41. The second kappa shape index (κ2) is 8.02. The SMILES string of the molecule is COC(=O)c1c(NC(=O)CCN2C(=O)c3ccccc3C2=O)sc2c1CC[C@H](C)C2. The maximum atomic E-state index is 12.6. The van der Waals surface area contributed by atoms with Crippen molar-refractivity contribution in [3.63, 3.8) is 0 Å². The number of esters is 1. The van der Waals surface area contributed by atoms with Crippen LogP contribution in [0, 0.1) is 5.92 Å². The van der Waals surface area contributed by atoms with Gasteiger partial charge < -0.3 is 10.1 Å². The normalized spacial score (nSPS) is 17.5. The standard InChI is InChI=1S/C22H22N2O5S/c1-12-7-8-15-16(11-12)30-19(18(15)22(28)29-2)23-17(25)9-10-24-20(26)13-5-3-4-6-14(13)21(24)27/h3-6,12H,7-11H2,1-2H3,(H,23,25)/t12-/m0/s1. The molecule has 156 valence electrons. The quantitative estimate of drug-likeness (QED) is 0.585. The first kappa shape index (κ1) is 20.3. The van der Waals surface area contributed by atoms with Crippen molar-refractivity contribution in [2.24, 2.45) is 5.92 Å². The molecule has 1 aromatic heterocycles. The highest BCUT2D eigenvalue weighted by Gasteiger charge is 2.35. The Morgan fingerprint density at radius 1 is 1.20 bits per heavy atom. The zero-order valence-electron chi connectivity index (χ0n) is 16.8. The summed E-state index contributed by atoms with van der Waals surface area (Å²) in [5.41, 5.74) is 2.10. The minimum Gasteiger partial charge on any atom is -0.465 e. The van der Waals surface area contributed by atoms with Gasteiger partial charge in [-0.2, -0.15) is 0 Å². The Kier molecular flexibility index (Phi) is 5.42. The van der Waals surface area contributed by atoms with Gasteiger partial charge in [0.25, 0.3) is 11.8 Å². The molecule has 0 unspecified atom stereocenters. The van der Waals surface area contributed by atoms with E-state index in [-0.39, 0.29) is 30.7 Å². The third-order valence-corrected chi connectivity index (χ3v) is 6.76. The average Bonchev–Trinajstić information content (AvgIpc) is 3.20. The van der Waals surface area contributed by atoms with E-state index in [2.05, 4.69) is 12.2 Å². The third-order valence-electron chi connectivity index (χ3n) is 5.59. The Hall–Kier alpha value is -3.00. The Morgan fingerprint density at radius 2 is 1.87 bits per heavy atom. The van der Waals surface area contributed by atoms with Gasteiger partial charge in [-0.05, 0) is 42.9 Å². The number of anilines is 1. The molecule has 1 atom stereocenters. The van der Waals surface area contributed by atoms with Gasteiger partial charge >= 0.3 is 5.97 Å². The number of carbonyl (C=O) groups is 4. The molecule has 2 aliphatic rings. The van der Waals surface area contributed by atoms with Crippen LogP contribution in [-0.4, -0.2) is 42.2 Å². The molecule has 1 aliphatic carbocycles. The summed E-state index contributed by atoms with van der Waals surface area (Å²) < 4.78 is 4.93. The van der Waals surface area contributed by atoms with Gasteiger partial charge in [-0.25, -0.2) is 4.79 Å². The smallest absolute Gasteiger partial charge is 0.341 e. The molecule has 4 rings (SSSR count). The largest absolute Gasteiger partial charge is 0.465 e. The Bertz CT molecular complexity index is 1020. The number of fused-ring (bicyclic) bond motifs is 2. The first-order valence-corrected chi connectivity index (χ1v) is 10.7. The van der Waals surface area contributed by atoms with Crippen molar-refractivity contribution in [3.05, 3.63) is 51.4 Å². The van der Waals surface area contributed by atoms with Crippen molar-refractivity contribution in [3.8, 4) is 0 Å². The van der Waals surface area contributed by atoms with Gasteiger partial charge in [-0.3, -0.25) is 19.3 Å². The number of hydrogen-bond donors (Lipinski definition) is 1. The maximum absolute atomic E-state index is 12.6. The number of ether oxygens (including phenoxy) is 1. The molecule has 0 radical (unpaired) electrons. The van der Waals surface area contributed by atoms with Crippen LogP contribution in [0.25, 0.3) is 0 Å². The van der Waals surface area contributed by atoms with Gasteiger partial charge in [-0.15, -0.1) is 11.3 Å². The molecule has 2 heterocycles. The Morgan fingerprint density at radius 3 is 2.50 bits per heavy atom. The summed E-state index contributed by atoms with van der Waals surface area (Å²) in [6.45, 7) is 2.15. The van der Waals surface area contributed by atoms with Crippen LogP contribution in [0.1, 0.15) is 61.3 Å². The molecule has 30 heavy (non-hydrogen) atoms. The number of hydrogen-bond acceptors (Lipinski definition) is 6. The molecule has 2 aromatic rings. The van der Waals surface area contributed by atoms with E-state index in [4.69, 9.17) is 4.74 Å². The number of nitrogens with one attached hydrogen (secondary N) is 1. The van der Waals surface area contributed by atoms with E-state index in [1.54, 1.807) is 24.3 Å². The van der Waals surface area contributed by atoms with Crippen LogP contribution in [0.2, 0.25) is 0 Å². The monoisotopic (exact) mass is 426 g/mol. The molecule has 1 aliphatic heterocycles. The maximum Gasteiger partial charge on any atom is 0.341 e. The van der Waals surface area contributed by atoms with E-state index in [1.807, 2.05) is 0 Å². The fourth-order valence-corrected chi connectivity index (χ4v) is 5.42. The minimum absolute atomic E-state index is 0.0200. The molecule has 0 fully saturated rings. The molecule has 0 saturated carbocycles. The molecule has 0 bridgehead atoms. The highest BCUT2D eigenvalue weighted by Crippen LogP contribution is 2.40. The van der Waals surface area contributed by atoms with Crippen LogP contribution in [0.3, 0.4) is 0 Å². The summed E-state index contributed by atoms with van der Waals surface area (Å²) in [4.78, 5) is 52.0. The van der Waals surface area contributed by atoms with Gasteiger partial charge in [0.1, 0.15) is 5.00 Å². The number of methoxy groups -OCH3 is 1. The molecule has 3 amide bonds. The van der Waals surface area contributed by atoms with Crippen molar-refractivity contribution in [1.29, 1.82) is 0 Å².